The topological polar surface area (TPSA) is 81.5 Å². The van der Waals surface area contributed by atoms with E-state index >= 15 is 0 Å². The van der Waals surface area contributed by atoms with Crippen molar-refractivity contribution in [1.82, 2.24) is 9.80 Å². The summed E-state index contributed by atoms with van der Waals surface area (Å²) in [4.78, 5) is 31.6. The average Bonchev–Trinajstić information content (AvgIpc) is 3.20. The van der Waals surface area contributed by atoms with Crippen LogP contribution in [0.5, 0.6) is 11.5 Å². The van der Waals surface area contributed by atoms with Crippen LogP contribution in [0.3, 0.4) is 0 Å². The van der Waals surface area contributed by atoms with Crippen molar-refractivity contribution < 1.29 is 23.4 Å². The molecule has 3 aromatic rings. The molecule has 2 aliphatic heterocycles. The van der Waals surface area contributed by atoms with Crippen molar-refractivity contribution in [2.24, 2.45) is 5.92 Å². The molecule has 2 aromatic carbocycles. The smallest absolute Gasteiger partial charge is 0.290 e. The van der Waals surface area contributed by atoms with Crippen LogP contribution in [0.2, 0.25) is 0 Å². The molecule has 0 N–H and O–H groups in total. The molecule has 0 aliphatic carbocycles. The summed E-state index contributed by atoms with van der Waals surface area (Å²) in [7, 11) is 1.59. The first kappa shape index (κ1) is 26.7. The van der Waals surface area contributed by atoms with E-state index in [1.54, 1.807) is 30.2 Å². The van der Waals surface area contributed by atoms with E-state index in [0.717, 1.165) is 29.5 Å². The number of ether oxygens (including phenoxy) is 3. The van der Waals surface area contributed by atoms with Crippen LogP contribution in [0.25, 0.3) is 11.0 Å². The quantitative estimate of drug-likeness (QED) is 0.355. The fraction of sp³-hybridized carbons (Fsp3) is 0.448. The number of carbonyl (C=O) groups is 1. The second kappa shape index (κ2) is 11.5. The molecule has 1 aromatic heterocycles. The van der Waals surface area contributed by atoms with Gasteiger partial charge in [0, 0.05) is 30.7 Å². The van der Waals surface area contributed by atoms with Gasteiger partial charge in [-0.15, -0.1) is 0 Å². The van der Waals surface area contributed by atoms with Gasteiger partial charge in [0.05, 0.1) is 43.9 Å². The van der Waals surface area contributed by atoms with Crippen LogP contribution in [-0.2, 0) is 4.74 Å². The molecular formula is C29H33BrN2O6. The zero-order valence-corrected chi connectivity index (χ0v) is 23.6. The third-order valence-electron chi connectivity index (χ3n) is 7.14. The molecule has 38 heavy (non-hydrogen) atoms. The lowest BCUT2D eigenvalue weighted by molar-refractivity contribution is 0.0314. The van der Waals surface area contributed by atoms with Crippen LogP contribution in [-0.4, -0.2) is 68.8 Å². The maximum absolute atomic E-state index is 13.8. The molecule has 1 fully saturated rings. The number of hydrogen-bond donors (Lipinski definition) is 0. The van der Waals surface area contributed by atoms with Gasteiger partial charge in [-0.2, -0.15) is 0 Å². The van der Waals surface area contributed by atoms with Gasteiger partial charge in [0.1, 0.15) is 5.58 Å². The molecule has 1 atom stereocenters. The van der Waals surface area contributed by atoms with Gasteiger partial charge < -0.3 is 23.5 Å². The second-order valence-corrected chi connectivity index (χ2v) is 11.0. The monoisotopic (exact) mass is 584 g/mol. The number of morpholine rings is 1. The van der Waals surface area contributed by atoms with Gasteiger partial charge in [-0.3, -0.25) is 14.5 Å². The number of methoxy groups -OCH3 is 1. The molecule has 1 saturated heterocycles. The van der Waals surface area contributed by atoms with Gasteiger partial charge in [0.2, 0.25) is 5.76 Å². The van der Waals surface area contributed by atoms with Crippen LogP contribution in [0.4, 0.5) is 0 Å². The number of benzene rings is 2. The number of rotatable bonds is 9. The first-order valence-corrected chi connectivity index (χ1v) is 13.8. The number of halogens is 1. The van der Waals surface area contributed by atoms with Gasteiger partial charge in [-0.1, -0.05) is 35.8 Å². The molecule has 2 aliphatic rings. The first-order chi connectivity index (χ1) is 18.4. The van der Waals surface area contributed by atoms with Gasteiger partial charge >= 0.3 is 0 Å². The van der Waals surface area contributed by atoms with Crippen molar-refractivity contribution in [1.29, 1.82) is 0 Å². The highest BCUT2D eigenvalue weighted by atomic mass is 79.9. The largest absolute Gasteiger partial charge is 0.493 e. The fourth-order valence-corrected chi connectivity index (χ4v) is 5.38. The summed E-state index contributed by atoms with van der Waals surface area (Å²) in [6, 6.07) is 10.3. The summed E-state index contributed by atoms with van der Waals surface area (Å²) in [6.45, 7) is 8.97. The Morgan fingerprint density at radius 3 is 2.58 bits per heavy atom. The number of fused-ring (bicyclic) bond motifs is 2. The summed E-state index contributed by atoms with van der Waals surface area (Å²) in [6.07, 6.45) is 0.925. The van der Waals surface area contributed by atoms with E-state index in [4.69, 9.17) is 18.6 Å². The van der Waals surface area contributed by atoms with E-state index in [1.165, 1.54) is 0 Å². The van der Waals surface area contributed by atoms with E-state index in [1.807, 2.05) is 18.2 Å². The predicted molar refractivity (Wildman–Crippen MR) is 148 cm³/mol. The maximum Gasteiger partial charge on any atom is 0.290 e. The number of nitrogens with zero attached hydrogens (tertiary/aromatic N) is 2. The standard InChI is InChI=1S/C29H33BrN2O6/c1-18(2)8-13-37-23-6-4-19(16-24(23)35-3)26-25-27(33)21-17-20(30)5-7-22(21)38-28(25)29(34)32(26)10-9-31-11-14-36-15-12-31/h4-7,16-18,26H,8-15H2,1-3H3. The van der Waals surface area contributed by atoms with E-state index in [-0.39, 0.29) is 17.1 Å². The van der Waals surface area contributed by atoms with Crippen LogP contribution < -0.4 is 14.9 Å². The Bertz CT molecular complexity index is 1380. The molecule has 0 spiro atoms. The molecule has 0 saturated carbocycles. The summed E-state index contributed by atoms with van der Waals surface area (Å²) in [5.74, 6) is 1.55. The van der Waals surface area contributed by atoms with Crippen LogP contribution in [0, 0.1) is 5.92 Å². The Kier molecular flexibility index (Phi) is 8.07. The van der Waals surface area contributed by atoms with Crippen molar-refractivity contribution in [2.75, 3.05) is 53.1 Å². The van der Waals surface area contributed by atoms with Gasteiger partial charge in [-0.05, 0) is 48.2 Å². The third kappa shape index (κ3) is 5.32. The fourth-order valence-electron chi connectivity index (χ4n) is 5.02. The SMILES string of the molecule is COc1cc(C2c3c(oc4ccc(Br)cc4c3=O)C(=O)N2CCN2CCOCC2)ccc1OCCC(C)C. The molecule has 1 amide bonds. The number of carbonyl (C=O) groups excluding carboxylic acids is 1. The zero-order valence-electron chi connectivity index (χ0n) is 22.0. The summed E-state index contributed by atoms with van der Waals surface area (Å²) in [5.41, 5.74) is 1.32. The highest BCUT2D eigenvalue weighted by Gasteiger charge is 2.43. The van der Waals surface area contributed by atoms with Crippen molar-refractivity contribution in [3.8, 4) is 11.5 Å². The van der Waals surface area contributed by atoms with E-state index in [9.17, 15) is 9.59 Å². The first-order valence-electron chi connectivity index (χ1n) is 13.1. The molecule has 0 bridgehead atoms. The van der Waals surface area contributed by atoms with Crippen LogP contribution >= 0.6 is 15.9 Å². The molecular weight excluding hydrogens is 552 g/mol. The normalized spacial score (nSPS) is 17.9. The van der Waals surface area contributed by atoms with E-state index < -0.39 is 6.04 Å². The second-order valence-electron chi connectivity index (χ2n) is 10.1. The molecule has 3 heterocycles. The predicted octanol–water partition coefficient (Wildman–Crippen LogP) is 4.87. The average molecular weight is 585 g/mol. The molecule has 0 radical (unpaired) electrons. The summed E-state index contributed by atoms with van der Waals surface area (Å²) < 4.78 is 24.0. The lowest BCUT2D eigenvalue weighted by atomic mass is 9.98. The minimum absolute atomic E-state index is 0.105. The van der Waals surface area contributed by atoms with Crippen molar-refractivity contribution in [2.45, 2.75) is 26.3 Å². The molecule has 1 unspecified atom stereocenters. The Morgan fingerprint density at radius 1 is 1.05 bits per heavy atom. The van der Waals surface area contributed by atoms with E-state index in [2.05, 4.69) is 34.7 Å². The lowest BCUT2D eigenvalue weighted by Gasteiger charge is -2.31. The van der Waals surface area contributed by atoms with Gasteiger partial charge in [-0.25, -0.2) is 0 Å². The third-order valence-corrected chi connectivity index (χ3v) is 7.64. The van der Waals surface area contributed by atoms with Crippen LogP contribution in [0.1, 0.15) is 48.0 Å². The Balaban J connectivity index is 1.55. The zero-order chi connectivity index (χ0) is 26.8. The van der Waals surface area contributed by atoms with Crippen molar-refractivity contribution in [3.63, 3.8) is 0 Å². The summed E-state index contributed by atoms with van der Waals surface area (Å²) in [5, 5.41) is 0.437. The lowest BCUT2D eigenvalue weighted by Crippen LogP contribution is -2.42. The Hall–Kier alpha value is -2.88. The Morgan fingerprint density at radius 2 is 1.84 bits per heavy atom. The Labute approximate surface area is 230 Å². The van der Waals surface area contributed by atoms with Crippen LogP contribution in [0.15, 0.2) is 50.1 Å². The number of hydrogen-bond acceptors (Lipinski definition) is 7. The van der Waals surface area contributed by atoms with Crippen molar-refractivity contribution >= 4 is 32.8 Å². The molecule has 8 nitrogen and oxygen atoms in total. The minimum atomic E-state index is -0.600. The number of amides is 1. The van der Waals surface area contributed by atoms with E-state index in [0.29, 0.717) is 66.9 Å². The van der Waals surface area contributed by atoms with Crippen molar-refractivity contribution in [3.05, 3.63) is 68.0 Å². The maximum atomic E-state index is 13.8. The highest BCUT2D eigenvalue weighted by Crippen LogP contribution is 2.41. The molecule has 5 rings (SSSR count). The summed E-state index contributed by atoms with van der Waals surface area (Å²) >= 11 is 3.45. The molecule has 9 heteroatoms. The van der Waals surface area contributed by atoms with Gasteiger partial charge in [0.15, 0.2) is 16.9 Å². The highest BCUT2D eigenvalue weighted by molar-refractivity contribution is 9.10. The molecule has 202 valence electrons. The van der Waals surface area contributed by atoms with Gasteiger partial charge in [0.25, 0.3) is 5.91 Å². The minimum Gasteiger partial charge on any atom is -0.493 e.